The molecule has 4 heteroatoms. The molecule has 0 atom stereocenters. The number of nitriles is 1. The van der Waals surface area contributed by atoms with E-state index in [0.717, 1.165) is 51.1 Å². The Bertz CT molecular complexity index is 1730. The summed E-state index contributed by atoms with van der Waals surface area (Å²) < 4.78 is 0. The predicted octanol–water partition coefficient (Wildman–Crippen LogP) is 8.88. The fourth-order valence-corrected chi connectivity index (χ4v) is 8.45. The van der Waals surface area contributed by atoms with Crippen molar-refractivity contribution in [2.45, 2.75) is 43.9 Å². The Morgan fingerprint density at radius 3 is 1.60 bits per heavy atom. The van der Waals surface area contributed by atoms with E-state index in [0.29, 0.717) is 17.5 Å². The van der Waals surface area contributed by atoms with Crippen molar-refractivity contribution in [2.24, 2.45) is 17.8 Å². The summed E-state index contributed by atoms with van der Waals surface area (Å²) >= 11 is 0. The lowest BCUT2D eigenvalue weighted by atomic mass is 9.48. The largest absolute Gasteiger partial charge is 0.208 e. The molecule has 0 N–H and O–H groups in total. The second-order valence-corrected chi connectivity index (χ2v) is 12.7. The standard InChI is InChI=1S/C38H32N4/c39-24-32-20-33(38-21-25-16-26(22-38)18-27(17-25)23-38)14-15-34(32)30-12-7-13-31(19-30)37-41-35(28-8-3-1-4-9-28)40-36(42-37)29-10-5-2-6-11-29/h1-15,19-20,25-27H,16-18,21-23H2/t25-,26+,27?,38?. The van der Waals surface area contributed by atoms with Crippen LogP contribution in [0.25, 0.3) is 45.3 Å². The van der Waals surface area contributed by atoms with E-state index in [9.17, 15) is 5.26 Å². The highest BCUT2D eigenvalue weighted by atomic mass is 15.0. The van der Waals surface area contributed by atoms with Crippen LogP contribution in [0.3, 0.4) is 0 Å². The molecule has 9 rings (SSSR count). The van der Waals surface area contributed by atoms with Crippen LogP contribution in [0.2, 0.25) is 0 Å². The van der Waals surface area contributed by atoms with Gasteiger partial charge in [-0.05, 0) is 90.5 Å². The van der Waals surface area contributed by atoms with E-state index in [1.807, 2.05) is 72.8 Å². The zero-order chi connectivity index (χ0) is 28.1. The van der Waals surface area contributed by atoms with E-state index in [1.165, 1.54) is 44.1 Å². The van der Waals surface area contributed by atoms with E-state index >= 15 is 0 Å². The number of hydrogen-bond acceptors (Lipinski definition) is 4. The summed E-state index contributed by atoms with van der Waals surface area (Å²) in [6.07, 6.45) is 8.15. The third-order valence-electron chi connectivity index (χ3n) is 9.92. The molecule has 0 aliphatic heterocycles. The minimum Gasteiger partial charge on any atom is -0.208 e. The summed E-state index contributed by atoms with van der Waals surface area (Å²) in [6, 6.07) is 37.6. The number of benzene rings is 4. The summed E-state index contributed by atoms with van der Waals surface area (Å²) in [5, 5.41) is 10.3. The molecule has 0 unspecified atom stereocenters. The summed E-state index contributed by atoms with van der Waals surface area (Å²) in [6.45, 7) is 0. The third kappa shape index (κ3) is 4.41. The maximum Gasteiger partial charge on any atom is 0.164 e. The molecule has 1 heterocycles. The SMILES string of the molecule is N#Cc1cc(C23CC4C[C@H](C2)C[C@@H](C4)C3)ccc1-c1cccc(-c2nc(-c3ccccc3)nc(-c3ccccc3)n2)c1. The second-order valence-electron chi connectivity index (χ2n) is 12.7. The van der Waals surface area contributed by atoms with Crippen LogP contribution in [0.4, 0.5) is 0 Å². The Kier molecular flexibility index (Phi) is 6.00. The Labute approximate surface area is 247 Å². The first-order chi connectivity index (χ1) is 20.7. The Balaban J connectivity index is 1.19. The van der Waals surface area contributed by atoms with Gasteiger partial charge in [-0.2, -0.15) is 5.26 Å². The smallest absolute Gasteiger partial charge is 0.164 e. The first kappa shape index (κ1) is 25.1. The Morgan fingerprint density at radius 1 is 0.548 bits per heavy atom. The molecule has 0 amide bonds. The van der Waals surface area contributed by atoms with Gasteiger partial charge in [-0.1, -0.05) is 91.0 Å². The first-order valence-corrected chi connectivity index (χ1v) is 15.2. The Morgan fingerprint density at radius 2 is 1.05 bits per heavy atom. The highest BCUT2D eigenvalue weighted by Crippen LogP contribution is 2.60. The van der Waals surface area contributed by atoms with Crippen molar-refractivity contribution in [2.75, 3.05) is 0 Å². The van der Waals surface area contributed by atoms with Crippen molar-refractivity contribution in [1.82, 2.24) is 15.0 Å². The van der Waals surface area contributed by atoms with Crippen LogP contribution in [-0.2, 0) is 5.41 Å². The molecule has 0 radical (unpaired) electrons. The van der Waals surface area contributed by atoms with Gasteiger partial charge in [-0.25, -0.2) is 15.0 Å². The summed E-state index contributed by atoms with van der Waals surface area (Å²) in [5.41, 5.74) is 7.17. The van der Waals surface area contributed by atoms with Crippen LogP contribution in [0.5, 0.6) is 0 Å². The van der Waals surface area contributed by atoms with Gasteiger partial charge < -0.3 is 0 Å². The molecule has 5 aromatic rings. The number of rotatable bonds is 5. The average molecular weight is 545 g/mol. The average Bonchev–Trinajstić information content (AvgIpc) is 3.04. The minimum absolute atomic E-state index is 0.271. The van der Waals surface area contributed by atoms with Crippen LogP contribution >= 0.6 is 0 Å². The lowest BCUT2D eigenvalue weighted by molar-refractivity contribution is -0.00519. The minimum atomic E-state index is 0.271. The summed E-state index contributed by atoms with van der Waals surface area (Å²) in [7, 11) is 0. The molecule has 1 aromatic heterocycles. The topological polar surface area (TPSA) is 62.5 Å². The van der Waals surface area contributed by atoms with Gasteiger partial charge in [0.15, 0.2) is 17.5 Å². The Hall–Kier alpha value is -4.62. The molecule has 4 nitrogen and oxygen atoms in total. The molecule has 4 saturated carbocycles. The van der Waals surface area contributed by atoms with Gasteiger partial charge in [-0.3, -0.25) is 0 Å². The van der Waals surface area contributed by atoms with Gasteiger partial charge in [-0.15, -0.1) is 0 Å². The van der Waals surface area contributed by atoms with E-state index in [-0.39, 0.29) is 5.41 Å². The zero-order valence-electron chi connectivity index (χ0n) is 23.6. The lowest BCUT2D eigenvalue weighted by Crippen LogP contribution is -2.48. The molecular formula is C38H32N4. The molecule has 4 aliphatic carbocycles. The van der Waals surface area contributed by atoms with Crippen LogP contribution < -0.4 is 0 Å². The molecule has 0 saturated heterocycles. The number of nitrogens with zero attached hydrogens (tertiary/aromatic N) is 4. The summed E-state index contributed by atoms with van der Waals surface area (Å²) in [5.74, 6) is 4.53. The highest BCUT2D eigenvalue weighted by molar-refractivity contribution is 5.76. The molecule has 4 bridgehead atoms. The van der Waals surface area contributed by atoms with Crippen LogP contribution in [0.15, 0.2) is 103 Å². The molecule has 0 spiro atoms. The van der Waals surface area contributed by atoms with Gasteiger partial charge in [0.1, 0.15) is 0 Å². The normalized spacial score (nSPS) is 23.9. The van der Waals surface area contributed by atoms with Crippen molar-refractivity contribution < 1.29 is 0 Å². The molecule has 4 aliphatic rings. The van der Waals surface area contributed by atoms with Crippen molar-refractivity contribution >= 4 is 0 Å². The third-order valence-corrected chi connectivity index (χ3v) is 9.92. The van der Waals surface area contributed by atoms with E-state index in [2.05, 4.69) is 36.4 Å². The predicted molar refractivity (Wildman–Crippen MR) is 166 cm³/mol. The molecule has 42 heavy (non-hydrogen) atoms. The van der Waals surface area contributed by atoms with E-state index in [1.54, 1.807) is 0 Å². The van der Waals surface area contributed by atoms with Crippen LogP contribution in [0, 0.1) is 29.1 Å². The van der Waals surface area contributed by atoms with Crippen molar-refractivity contribution in [3.8, 4) is 51.4 Å². The quantitative estimate of drug-likeness (QED) is 0.222. The van der Waals surface area contributed by atoms with Gasteiger partial charge in [0.25, 0.3) is 0 Å². The first-order valence-electron chi connectivity index (χ1n) is 15.2. The second kappa shape index (κ2) is 10.0. The molecule has 4 aromatic carbocycles. The van der Waals surface area contributed by atoms with Crippen molar-refractivity contribution in [3.05, 3.63) is 114 Å². The van der Waals surface area contributed by atoms with Crippen molar-refractivity contribution in [3.63, 3.8) is 0 Å². The molecular weight excluding hydrogens is 512 g/mol. The van der Waals surface area contributed by atoms with Crippen molar-refractivity contribution in [1.29, 1.82) is 5.26 Å². The van der Waals surface area contributed by atoms with E-state index in [4.69, 9.17) is 15.0 Å². The van der Waals surface area contributed by atoms with E-state index < -0.39 is 0 Å². The number of aromatic nitrogens is 3. The lowest BCUT2D eigenvalue weighted by Gasteiger charge is -2.57. The monoisotopic (exact) mass is 544 g/mol. The van der Waals surface area contributed by atoms with Crippen LogP contribution in [0.1, 0.15) is 49.7 Å². The van der Waals surface area contributed by atoms with Gasteiger partial charge >= 0.3 is 0 Å². The van der Waals surface area contributed by atoms with Gasteiger partial charge in [0.2, 0.25) is 0 Å². The fraction of sp³-hybridized carbons (Fsp3) is 0.263. The van der Waals surface area contributed by atoms with Gasteiger partial charge in [0.05, 0.1) is 11.6 Å². The maximum absolute atomic E-state index is 10.3. The fourth-order valence-electron chi connectivity index (χ4n) is 8.45. The molecule has 204 valence electrons. The number of hydrogen-bond donors (Lipinski definition) is 0. The maximum atomic E-state index is 10.3. The molecule has 4 fully saturated rings. The summed E-state index contributed by atoms with van der Waals surface area (Å²) in [4.78, 5) is 14.6. The van der Waals surface area contributed by atoms with Gasteiger partial charge in [0, 0.05) is 16.7 Å². The zero-order valence-corrected chi connectivity index (χ0v) is 23.6. The van der Waals surface area contributed by atoms with Crippen LogP contribution in [-0.4, -0.2) is 15.0 Å². The highest BCUT2D eigenvalue weighted by Gasteiger charge is 2.51.